The molecule has 2 aromatic rings. The highest BCUT2D eigenvalue weighted by atomic mass is 16.1. The molecule has 0 bridgehead atoms. The molecule has 1 aromatic heterocycles. The van der Waals surface area contributed by atoms with E-state index < -0.39 is 0 Å². The van der Waals surface area contributed by atoms with Crippen molar-refractivity contribution in [2.45, 2.75) is 33.1 Å². The Kier molecular flexibility index (Phi) is 5.70. The van der Waals surface area contributed by atoms with E-state index in [4.69, 9.17) is 0 Å². The second kappa shape index (κ2) is 7.74. The van der Waals surface area contributed by atoms with Crippen LogP contribution in [0.4, 0.5) is 0 Å². The van der Waals surface area contributed by atoms with Gasteiger partial charge in [0, 0.05) is 30.8 Å². The molecule has 0 aliphatic heterocycles. The summed E-state index contributed by atoms with van der Waals surface area (Å²) in [5.74, 6) is 0.369. The molecule has 0 radical (unpaired) electrons. The Balaban J connectivity index is 2.17. The Labute approximate surface area is 132 Å². The fourth-order valence-electron chi connectivity index (χ4n) is 2.57. The smallest absolute Gasteiger partial charge is 0.222 e. The van der Waals surface area contributed by atoms with Gasteiger partial charge in [-0.25, -0.2) is 0 Å². The average molecular weight is 296 g/mol. The average Bonchev–Trinajstić information content (AvgIpc) is 2.52. The number of amides is 1. The molecular formula is C19H24N2O. The van der Waals surface area contributed by atoms with Crippen LogP contribution in [0.25, 0.3) is 0 Å². The summed E-state index contributed by atoms with van der Waals surface area (Å²) >= 11 is 0. The Hall–Kier alpha value is -2.16. The number of rotatable bonds is 6. The third-order valence-electron chi connectivity index (χ3n) is 3.88. The van der Waals surface area contributed by atoms with Crippen LogP contribution in [-0.2, 0) is 11.2 Å². The predicted octanol–water partition coefficient (Wildman–Crippen LogP) is 3.49. The van der Waals surface area contributed by atoms with E-state index in [9.17, 15) is 4.79 Å². The number of aromatic nitrogens is 1. The zero-order valence-electron chi connectivity index (χ0n) is 13.5. The molecule has 0 aliphatic carbocycles. The van der Waals surface area contributed by atoms with Gasteiger partial charge in [-0.3, -0.25) is 9.78 Å². The van der Waals surface area contributed by atoms with Crippen molar-refractivity contribution in [2.75, 3.05) is 6.54 Å². The van der Waals surface area contributed by atoms with Gasteiger partial charge < -0.3 is 5.32 Å². The molecule has 0 saturated carbocycles. The highest BCUT2D eigenvalue weighted by Crippen LogP contribution is 2.23. The summed E-state index contributed by atoms with van der Waals surface area (Å²) in [6.45, 7) is 6.60. The molecule has 1 atom stereocenters. The van der Waals surface area contributed by atoms with Crippen molar-refractivity contribution in [2.24, 2.45) is 5.92 Å². The number of pyridine rings is 1. The summed E-state index contributed by atoms with van der Waals surface area (Å²) in [6.07, 6.45) is 4.55. The number of nitrogens with zero attached hydrogens (tertiary/aromatic N) is 1. The molecule has 1 aromatic carbocycles. The second-order valence-electron chi connectivity index (χ2n) is 6.02. The topological polar surface area (TPSA) is 42.0 Å². The van der Waals surface area contributed by atoms with Gasteiger partial charge in [0.05, 0.1) is 0 Å². The van der Waals surface area contributed by atoms with Crippen molar-refractivity contribution in [3.05, 3.63) is 65.5 Å². The Bertz CT molecular complexity index is 608. The van der Waals surface area contributed by atoms with Gasteiger partial charge in [-0.1, -0.05) is 44.2 Å². The van der Waals surface area contributed by atoms with Crippen molar-refractivity contribution in [3.8, 4) is 0 Å². The van der Waals surface area contributed by atoms with Crippen molar-refractivity contribution >= 4 is 5.91 Å². The molecule has 0 spiro atoms. The predicted molar refractivity (Wildman–Crippen MR) is 89.7 cm³/mol. The Morgan fingerprint density at radius 3 is 2.59 bits per heavy atom. The lowest BCUT2D eigenvalue weighted by atomic mass is 9.89. The molecule has 1 amide bonds. The van der Waals surface area contributed by atoms with Crippen LogP contribution in [0.3, 0.4) is 0 Å². The maximum atomic E-state index is 11.9. The molecule has 3 heteroatoms. The lowest BCUT2D eigenvalue weighted by Crippen LogP contribution is -2.32. The van der Waals surface area contributed by atoms with E-state index in [1.54, 1.807) is 6.20 Å². The van der Waals surface area contributed by atoms with E-state index in [1.165, 1.54) is 16.7 Å². The molecule has 2 rings (SSSR count). The first-order chi connectivity index (χ1) is 10.6. The molecular weight excluding hydrogens is 272 g/mol. The van der Waals surface area contributed by atoms with Crippen molar-refractivity contribution in [1.29, 1.82) is 0 Å². The van der Waals surface area contributed by atoms with E-state index in [2.05, 4.69) is 41.5 Å². The van der Waals surface area contributed by atoms with Crippen LogP contribution in [-0.4, -0.2) is 17.4 Å². The summed E-state index contributed by atoms with van der Waals surface area (Å²) in [6, 6.07) is 12.4. The summed E-state index contributed by atoms with van der Waals surface area (Å²) < 4.78 is 0. The maximum Gasteiger partial charge on any atom is 0.222 e. The van der Waals surface area contributed by atoms with Gasteiger partial charge >= 0.3 is 0 Å². The summed E-state index contributed by atoms with van der Waals surface area (Å²) in [4.78, 5) is 16.1. The third-order valence-corrected chi connectivity index (χ3v) is 3.88. The molecule has 1 heterocycles. The van der Waals surface area contributed by atoms with Crippen LogP contribution in [0.15, 0.2) is 48.8 Å². The van der Waals surface area contributed by atoms with Crippen LogP contribution >= 0.6 is 0 Å². The first-order valence-corrected chi connectivity index (χ1v) is 7.80. The first kappa shape index (κ1) is 16.2. The zero-order chi connectivity index (χ0) is 15.9. The van der Waals surface area contributed by atoms with E-state index in [0.29, 0.717) is 6.54 Å². The van der Waals surface area contributed by atoms with Crippen LogP contribution in [0.5, 0.6) is 0 Å². The normalized spacial score (nSPS) is 12.2. The molecule has 0 saturated heterocycles. The van der Waals surface area contributed by atoms with Crippen LogP contribution in [0.1, 0.15) is 36.5 Å². The highest BCUT2D eigenvalue weighted by Gasteiger charge is 2.16. The Morgan fingerprint density at radius 2 is 1.95 bits per heavy atom. The van der Waals surface area contributed by atoms with Crippen molar-refractivity contribution < 1.29 is 4.79 Å². The van der Waals surface area contributed by atoms with Gasteiger partial charge in [0.1, 0.15) is 0 Å². The largest absolute Gasteiger partial charge is 0.355 e. The van der Waals surface area contributed by atoms with Gasteiger partial charge in [-0.2, -0.15) is 0 Å². The van der Waals surface area contributed by atoms with E-state index >= 15 is 0 Å². The standard InChI is InChI=1S/C19H24N2O/c1-14(2)19(22)21-13-17(11-16-8-6-10-20-12-16)18-9-5-4-7-15(18)3/h4-10,12,14,17H,11,13H2,1-3H3,(H,21,22). The van der Waals surface area contributed by atoms with E-state index in [0.717, 1.165) is 6.42 Å². The molecule has 0 fully saturated rings. The fourth-order valence-corrected chi connectivity index (χ4v) is 2.57. The van der Waals surface area contributed by atoms with Crippen molar-refractivity contribution in [1.82, 2.24) is 10.3 Å². The van der Waals surface area contributed by atoms with E-state index in [1.807, 2.05) is 32.2 Å². The van der Waals surface area contributed by atoms with Crippen LogP contribution in [0.2, 0.25) is 0 Å². The number of carbonyl (C=O) groups is 1. The minimum Gasteiger partial charge on any atom is -0.355 e. The van der Waals surface area contributed by atoms with Gasteiger partial charge in [0.2, 0.25) is 5.91 Å². The van der Waals surface area contributed by atoms with Gasteiger partial charge in [-0.05, 0) is 36.1 Å². The minimum atomic E-state index is 0.0101. The highest BCUT2D eigenvalue weighted by molar-refractivity contribution is 5.77. The van der Waals surface area contributed by atoms with Crippen molar-refractivity contribution in [3.63, 3.8) is 0 Å². The number of benzene rings is 1. The van der Waals surface area contributed by atoms with Gasteiger partial charge in [0.25, 0.3) is 0 Å². The zero-order valence-corrected chi connectivity index (χ0v) is 13.5. The number of hydrogen-bond acceptors (Lipinski definition) is 2. The summed E-state index contributed by atoms with van der Waals surface area (Å²) in [7, 11) is 0. The molecule has 1 N–H and O–H groups in total. The molecule has 116 valence electrons. The maximum absolute atomic E-state index is 11.9. The summed E-state index contributed by atoms with van der Waals surface area (Å²) in [5.41, 5.74) is 3.74. The third kappa shape index (κ3) is 4.42. The number of aryl methyl sites for hydroxylation is 1. The number of hydrogen-bond donors (Lipinski definition) is 1. The molecule has 0 aliphatic rings. The SMILES string of the molecule is Cc1ccccc1C(CNC(=O)C(C)C)Cc1cccnc1. The number of carbonyl (C=O) groups excluding carboxylic acids is 1. The van der Waals surface area contributed by atoms with Gasteiger partial charge in [-0.15, -0.1) is 0 Å². The van der Waals surface area contributed by atoms with Gasteiger partial charge in [0.15, 0.2) is 0 Å². The fraction of sp³-hybridized carbons (Fsp3) is 0.368. The lowest BCUT2D eigenvalue weighted by molar-refractivity contribution is -0.124. The quantitative estimate of drug-likeness (QED) is 0.886. The van der Waals surface area contributed by atoms with E-state index in [-0.39, 0.29) is 17.7 Å². The van der Waals surface area contributed by atoms with Crippen LogP contribution < -0.4 is 5.32 Å². The first-order valence-electron chi connectivity index (χ1n) is 7.80. The molecule has 3 nitrogen and oxygen atoms in total. The molecule has 22 heavy (non-hydrogen) atoms. The monoisotopic (exact) mass is 296 g/mol. The molecule has 1 unspecified atom stereocenters. The minimum absolute atomic E-state index is 0.0101. The second-order valence-corrected chi connectivity index (χ2v) is 6.02. The lowest BCUT2D eigenvalue weighted by Gasteiger charge is -2.21. The number of nitrogens with one attached hydrogen (secondary N) is 1. The van der Waals surface area contributed by atoms with Crippen LogP contribution in [0, 0.1) is 12.8 Å². The summed E-state index contributed by atoms with van der Waals surface area (Å²) in [5, 5.41) is 3.07. The Morgan fingerprint density at radius 1 is 1.18 bits per heavy atom.